The summed E-state index contributed by atoms with van der Waals surface area (Å²) in [5, 5.41) is 28.6. The summed E-state index contributed by atoms with van der Waals surface area (Å²) in [6, 6.07) is 14.8. The van der Waals surface area contributed by atoms with E-state index in [0.717, 1.165) is 22.4 Å². The molecule has 160 valence electrons. The molecule has 0 unspecified atom stereocenters. The molecule has 0 radical (unpaired) electrons. The van der Waals surface area contributed by atoms with Crippen molar-refractivity contribution in [3.05, 3.63) is 71.9 Å². The van der Waals surface area contributed by atoms with Crippen LogP contribution in [0, 0.1) is 18.3 Å². The third-order valence-corrected chi connectivity index (χ3v) is 4.90. The molecule has 0 aliphatic heterocycles. The summed E-state index contributed by atoms with van der Waals surface area (Å²) < 4.78 is 1.80. The lowest BCUT2D eigenvalue weighted by molar-refractivity contribution is 0.101. The van der Waals surface area contributed by atoms with Gasteiger partial charge in [0.2, 0.25) is 0 Å². The number of anilines is 2. The van der Waals surface area contributed by atoms with E-state index in [9.17, 15) is 4.79 Å². The van der Waals surface area contributed by atoms with Crippen LogP contribution in [0.5, 0.6) is 0 Å². The molecule has 4 heterocycles. The topological polar surface area (TPSA) is 140 Å². The number of carbonyl (C=O) groups excluding carboxylic acids is 1. The SMILES string of the molecule is CC(=O)c1ccc(-n2cnc3cc(Nc4ccc(C)nn4)ccc32)nc1-n1ncc(C#N)n1. The van der Waals surface area contributed by atoms with Gasteiger partial charge in [-0.1, -0.05) is 0 Å². The van der Waals surface area contributed by atoms with Crippen LogP contribution in [0.25, 0.3) is 22.7 Å². The summed E-state index contributed by atoms with van der Waals surface area (Å²) >= 11 is 0. The maximum Gasteiger partial charge on any atom is 0.187 e. The van der Waals surface area contributed by atoms with Gasteiger partial charge in [-0.3, -0.25) is 9.36 Å². The Morgan fingerprint density at radius 2 is 2.00 bits per heavy atom. The van der Waals surface area contributed by atoms with Gasteiger partial charge in [0.05, 0.1) is 28.5 Å². The molecule has 11 heteroatoms. The van der Waals surface area contributed by atoms with Crippen molar-refractivity contribution in [3.63, 3.8) is 0 Å². The summed E-state index contributed by atoms with van der Waals surface area (Å²) in [5.74, 6) is 1.21. The second-order valence-corrected chi connectivity index (χ2v) is 7.23. The zero-order chi connectivity index (χ0) is 22.9. The van der Waals surface area contributed by atoms with Gasteiger partial charge >= 0.3 is 0 Å². The normalized spacial score (nSPS) is 10.8. The van der Waals surface area contributed by atoms with E-state index in [1.165, 1.54) is 17.9 Å². The molecule has 0 saturated carbocycles. The number of pyridine rings is 1. The molecule has 0 aliphatic rings. The van der Waals surface area contributed by atoms with Crippen LogP contribution >= 0.6 is 0 Å². The molecule has 1 aromatic carbocycles. The summed E-state index contributed by atoms with van der Waals surface area (Å²) in [7, 11) is 0. The fourth-order valence-electron chi connectivity index (χ4n) is 3.30. The zero-order valence-electron chi connectivity index (χ0n) is 17.6. The molecule has 0 saturated heterocycles. The van der Waals surface area contributed by atoms with Gasteiger partial charge in [-0.15, -0.1) is 15.0 Å². The number of carbonyl (C=O) groups is 1. The number of ketones is 1. The van der Waals surface area contributed by atoms with Gasteiger partial charge in [-0.05, 0) is 56.3 Å². The van der Waals surface area contributed by atoms with Crippen LogP contribution in [0.15, 0.2) is 55.0 Å². The molecule has 5 rings (SSSR count). The minimum atomic E-state index is -0.190. The monoisotopic (exact) mass is 436 g/mol. The molecule has 0 bridgehead atoms. The van der Waals surface area contributed by atoms with E-state index in [1.54, 1.807) is 23.0 Å². The largest absolute Gasteiger partial charge is 0.339 e. The minimum absolute atomic E-state index is 0.128. The Labute approximate surface area is 187 Å². The number of aryl methyl sites for hydroxylation is 1. The number of nitriles is 1. The Hall–Kier alpha value is -4.98. The molecular weight excluding hydrogens is 420 g/mol. The fourth-order valence-corrected chi connectivity index (χ4v) is 3.30. The van der Waals surface area contributed by atoms with Gasteiger partial charge in [-0.2, -0.15) is 15.5 Å². The number of hydrogen-bond acceptors (Lipinski definition) is 9. The Morgan fingerprint density at radius 3 is 2.73 bits per heavy atom. The average Bonchev–Trinajstić information content (AvgIpc) is 3.47. The zero-order valence-corrected chi connectivity index (χ0v) is 17.6. The van der Waals surface area contributed by atoms with E-state index < -0.39 is 0 Å². The number of rotatable bonds is 5. The number of Topliss-reactive ketones (excluding diaryl/α,β-unsaturated/α-hetero) is 1. The summed E-state index contributed by atoms with van der Waals surface area (Å²) in [6.07, 6.45) is 2.97. The number of fused-ring (bicyclic) bond motifs is 1. The smallest absolute Gasteiger partial charge is 0.187 e. The highest BCUT2D eigenvalue weighted by molar-refractivity contribution is 5.97. The summed E-state index contributed by atoms with van der Waals surface area (Å²) in [4.78, 5) is 22.4. The Kier molecular flexibility index (Phi) is 4.80. The lowest BCUT2D eigenvalue weighted by atomic mass is 10.2. The van der Waals surface area contributed by atoms with Gasteiger partial charge in [0, 0.05) is 5.69 Å². The highest BCUT2D eigenvalue weighted by Crippen LogP contribution is 2.24. The third-order valence-electron chi connectivity index (χ3n) is 4.90. The molecule has 5 aromatic rings. The first kappa shape index (κ1) is 20.0. The highest BCUT2D eigenvalue weighted by atomic mass is 16.1. The van der Waals surface area contributed by atoms with E-state index in [0.29, 0.717) is 17.2 Å². The summed E-state index contributed by atoms with van der Waals surface area (Å²) in [6.45, 7) is 3.32. The lowest BCUT2D eigenvalue weighted by Gasteiger charge is -2.10. The predicted octanol–water partition coefficient (Wildman–Crippen LogP) is 2.92. The summed E-state index contributed by atoms with van der Waals surface area (Å²) in [5.41, 5.74) is 3.68. The maximum atomic E-state index is 12.1. The van der Waals surface area contributed by atoms with Crippen molar-refractivity contribution in [1.82, 2.24) is 39.7 Å². The first-order valence-corrected chi connectivity index (χ1v) is 9.91. The van der Waals surface area contributed by atoms with Crippen molar-refractivity contribution < 1.29 is 4.79 Å². The van der Waals surface area contributed by atoms with Crippen molar-refractivity contribution in [2.75, 3.05) is 5.32 Å². The van der Waals surface area contributed by atoms with Crippen molar-refractivity contribution in [2.45, 2.75) is 13.8 Å². The Balaban J connectivity index is 1.53. The van der Waals surface area contributed by atoms with E-state index in [-0.39, 0.29) is 17.3 Å². The molecule has 0 aliphatic carbocycles. The van der Waals surface area contributed by atoms with Crippen molar-refractivity contribution in [2.24, 2.45) is 0 Å². The van der Waals surface area contributed by atoms with Crippen LogP contribution in [0.2, 0.25) is 0 Å². The van der Waals surface area contributed by atoms with Crippen molar-refractivity contribution in [3.8, 4) is 17.7 Å². The lowest BCUT2D eigenvalue weighted by Crippen LogP contribution is -2.11. The number of hydrogen-bond donors (Lipinski definition) is 1. The molecule has 0 spiro atoms. The first-order chi connectivity index (χ1) is 16.0. The van der Waals surface area contributed by atoms with Crippen LogP contribution in [0.4, 0.5) is 11.5 Å². The molecule has 0 atom stereocenters. The van der Waals surface area contributed by atoms with E-state index in [1.807, 2.05) is 43.3 Å². The molecule has 0 fully saturated rings. The number of benzene rings is 1. The number of nitrogens with one attached hydrogen (secondary N) is 1. The van der Waals surface area contributed by atoms with Crippen molar-refractivity contribution in [1.29, 1.82) is 5.26 Å². The molecule has 33 heavy (non-hydrogen) atoms. The van der Waals surface area contributed by atoms with Gasteiger partial charge in [0.15, 0.2) is 23.1 Å². The molecule has 11 nitrogen and oxygen atoms in total. The predicted molar refractivity (Wildman–Crippen MR) is 119 cm³/mol. The van der Waals surface area contributed by atoms with Crippen LogP contribution in [-0.4, -0.2) is 45.5 Å². The highest BCUT2D eigenvalue weighted by Gasteiger charge is 2.16. The van der Waals surface area contributed by atoms with E-state index in [4.69, 9.17) is 5.26 Å². The van der Waals surface area contributed by atoms with Crippen molar-refractivity contribution >= 4 is 28.3 Å². The molecular formula is C22H16N10O. The second-order valence-electron chi connectivity index (χ2n) is 7.23. The van der Waals surface area contributed by atoms with Crippen LogP contribution in [-0.2, 0) is 0 Å². The maximum absolute atomic E-state index is 12.1. The van der Waals surface area contributed by atoms with Crippen LogP contribution < -0.4 is 5.32 Å². The van der Waals surface area contributed by atoms with E-state index >= 15 is 0 Å². The quantitative estimate of drug-likeness (QED) is 0.412. The first-order valence-electron chi connectivity index (χ1n) is 9.91. The number of nitrogens with zero attached hydrogens (tertiary/aromatic N) is 9. The Bertz CT molecular complexity index is 1540. The van der Waals surface area contributed by atoms with Gasteiger partial charge in [0.1, 0.15) is 18.2 Å². The third kappa shape index (κ3) is 3.77. The van der Waals surface area contributed by atoms with Gasteiger partial charge in [-0.25, -0.2) is 9.97 Å². The Morgan fingerprint density at radius 1 is 1.12 bits per heavy atom. The standard InChI is InChI=1S/C22H16N10O/c1-13-3-7-20(29-28-13)26-15-4-6-19-18(9-15)24-12-31(19)21-8-5-17(14(2)33)22(27-21)32-25-11-16(10-23)30-32/h3-9,11-12H,1-2H3,(H,26,29). The molecule has 4 aromatic heterocycles. The number of aromatic nitrogens is 8. The number of imidazole rings is 1. The minimum Gasteiger partial charge on any atom is -0.339 e. The second kappa shape index (κ2) is 7.93. The van der Waals surface area contributed by atoms with Gasteiger partial charge in [0.25, 0.3) is 0 Å². The fraction of sp³-hybridized carbons (Fsp3) is 0.0909. The molecule has 1 N–H and O–H groups in total. The van der Waals surface area contributed by atoms with Crippen LogP contribution in [0.3, 0.4) is 0 Å². The van der Waals surface area contributed by atoms with Gasteiger partial charge < -0.3 is 5.32 Å². The van der Waals surface area contributed by atoms with Crippen LogP contribution in [0.1, 0.15) is 28.7 Å². The molecule has 0 amide bonds. The average molecular weight is 436 g/mol. The van der Waals surface area contributed by atoms with E-state index in [2.05, 4.69) is 35.7 Å².